The summed E-state index contributed by atoms with van der Waals surface area (Å²) in [4.78, 5) is 15.8. The second-order valence-corrected chi connectivity index (χ2v) is 7.12. The Morgan fingerprint density at radius 1 is 1.15 bits per heavy atom. The van der Waals surface area contributed by atoms with Crippen LogP contribution < -0.4 is 0 Å². The maximum absolute atomic E-state index is 11.3. The van der Waals surface area contributed by atoms with E-state index in [4.69, 9.17) is 5.11 Å². The molecule has 0 atom stereocenters. The van der Waals surface area contributed by atoms with Gasteiger partial charge in [0.15, 0.2) is 9.84 Å². The average Bonchev–Trinajstić information content (AvgIpc) is 2.38. The topological polar surface area (TPSA) is 84.3 Å². The van der Waals surface area contributed by atoms with Gasteiger partial charge < -0.3 is 5.11 Å². The third kappa shape index (κ3) is 3.58. The van der Waals surface area contributed by atoms with E-state index in [9.17, 15) is 13.2 Å². The molecule has 20 heavy (non-hydrogen) atoms. The van der Waals surface area contributed by atoms with Crippen LogP contribution in [-0.2, 0) is 9.84 Å². The normalized spacial score (nSPS) is 11.2. The second kappa shape index (κ2) is 5.64. The molecule has 0 radical (unpaired) electrons. The van der Waals surface area contributed by atoms with E-state index in [2.05, 4.69) is 4.98 Å². The molecule has 0 unspecified atom stereocenters. The standard InChI is InChI=1S/C13H11NO4S2/c1-20(17,18)10-7-5-9(6-8-10)19-12-4-2-3-11(14-12)13(15)16/h2-8H,1H3,(H,15,16). The number of aromatic carboxylic acids is 1. The summed E-state index contributed by atoms with van der Waals surface area (Å²) in [6.45, 7) is 0. The predicted molar refractivity (Wildman–Crippen MR) is 74.9 cm³/mol. The van der Waals surface area contributed by atoms with Crippen molar-refractivity contribution < 1.29 is 18.3 Å². The summed E-state index contributed by atoms with van der Waals surface area (Å²) in [5.41, 5.74) is -0.0252. The van der Waals surface area contributed by atoms with Crippen LogP contribution in [0.5, 0.6) is 0 Å². The summed E-state index contributed by atoms with van der Waals surface area (Å²) in [5, 5.41) is 9.40. The van der Waals surface area contributed by atoms with Gasteiger partial charge in [0, 0.05) is 11.2 Å². The van der Waals surface area contributed by atoms with Crippen LogP contribution in [0.2, 0.25) is 0 Å². The van der Waals surface area contributed by atoms with Crippen molar-refractivity contribution in [2.24, 2.45) is 0 Å². The first-order chi connectivity index (χ1) is 9.36. The number of carboxylic acids is 1. The number of carbonyl (C=O) groups is 1. The van der Waals surface area contributed by atoms with E-state index >= 15 is 0 Å². The minimum Gasteiger partial charge on any atom is -0.477 e. The molecule has 2 aromatic rings. The summed E-state index contributed by atoms with van der Waals surface area (Å²) in [7, 11) is -3.21. The van der Waals surface area contributed by atoms with Gasteiger partial charge >= 0.3 is 5.97 Å². The third-order valence-corrected chi connectivity index (χ3v) is 4.49. The fraction of sp³-hybridized carbons (Fsp3) is 0.0769. The largest absolute Gasteiger partial charge is 0.477 e. The zero-order chi connectivity index (χ0) is 14.8. The molecule has 0 amide bonds. The van der Waals surface area contributed by atoms with Gasteiger partial charge in [0.2, 0.25) is 0 Å². The molecule has 0 fully saturated rings. The van der Waals surface area contributed by atoms with Crippen molar-refractivity contribution in [1.29, 1.82) is 0 Å². The van der Waals surface area contributed by atoms with E-state index in [1.807, 2.05) is 0 Å². The minimum atomic E-state index is -3.21. The lowest BCUT2D eigenvalue weighted by Crippen LogP contribution is -2.00. The number of carboxylic acid groups (broad SMARTS) is 1. The molecule has 0 aliphatic carbocycles. The van der Waals surface area contributed by atoms with Crippen molar-refractivity contribution in [2.75, 3.05) is 6.26 Å². The van der Waals surface area contributed by atoms with Crippen LogP contribution in [0.4, 0.5) is 0 Å². The van der Waals surface area contributed by atoms with E-state index in [1.54, 1.807) is 24.3 Å². The molecule has 0 bridgehead atoms. The summed E-state index contributed by atoms with van der Waals surface area (Å²) in [6, 6.07) is 11.1. The van der Waals surface area contributed by atoms with Crippen LogP contribution in [0.25, 0.3) is 0 Å². The van der Waals surface area contributed by atoms with E-state index in [0.717, 1.165) is 11.2 Å². The summed E-state index contributed by atoms with van der Waals surface area (Å²) < 4.78 is 22.7. The maximum Gasteiger partial charge on any atom is 0.354 e. The van der Waals surface area contributed by atoms with Gasteiger partial charge in [-0.05, 0) is 36.4 Å². The highest BCUT2D eigenvalue weighted by Gasteiger charge is 2.08. The highest BCUT2D eigenvalue weighted by atomic mass is 32.2. The molecular formula is C13H11NO4S2. The van der Waals surface area contributed by atoms with Gasteiger partial charge in [0.1, 0.15) is 10.7 Å². The summed E-state index contributed by atoms with van der Waals surface area (Å²) >= 11 is 1.27. The monoisotopic (exact) mass is 309 g/mol. The Morgan fingerprint density at radius 2 is 1.80 bits per heavy atom. The second-order valence-electron chi connectivity index (χ2n) is 4.01. The zero-order valence-corrected chi connectivity index (χ0v) is 12.1. The Morgan fingerprint density at radius 3 is 2.35 bits per heavy atom. The molecule has 1 N–H and O–H groups in total. The third-order valence-electron chi connectivity index (χ3n) is 2.42. The van der Waals surface area contributed by atoms with E-state index in [0.29, 0.717) is 5.03 Å². The Hall–Kier alpha value is -1.86. The molecule has 0 saturated carbocycles. The number of hydrogen-bond acceptors (Lipinski definition) is 5. The van der Waals surface area contributed by atoms with E-state index < -0.39 is 15.8 Å². The number of pyridine rings is 1. The number of hydrogen-bond donors (Lipinski definition) is 1. The molecule has 5 nitrogen and oxygen atoms in total. The van der Waals surface area contributed by atoms with Crippen molar-refractivity contribution in [3.8, 4) is 0 Å². The van der Waals surface area contributed by atoms with Gasteiger partial charge in [-0.25, -0.2) is 18.2 Å². The molecule has 7 heteroatoms. The van der Waals surface area contributed by atoms with Crippen molar-refractivity contribution >= 4 is 27.6 Å². The number of benzene rings is 1. The Kier molecular flexibility index (Phi) is 4.10. The molecule has 2 rings (SSSR count). The Balaban J connectivity index is 2.22. The molecular weight excluding hydrogens is 298 g/mol. The van der Waals surface area contributed by atoms with Gasteiger partial charge in [0.05, 0.1) is 4.90 Å². The molecule has 0 spiro atoms. The van der Waals surface area contributed by atoms with Crippen molar-refractivity contribution in [2.45, 2.75) is 14.8 Å². The van der Waals surface area contributed by atoms with Crippen LogP contribution in [0, 0.1) is 0 Å². The lowest BCUT2D eigenvalue weighted by Gasteiger charge is -2.03. The Labute approximate surface area is 120 Å². The van der Waals surface area contributed by atoms with Gasteiger partial charge in [-0.3, -0.25) is 0 Å². The SMILES string of the molecule is CS(=O)(=O)c1ccc(Sc2cccc(C(=O)O)n2)cc1. The quantitative estimate of drug-likeness (QED) is 0.933. The van der Waals surface area contributed by atoms with Crippen LogP contribution in [0.3, 0.4) is 0 Å². The van der Waals surface area contributed by atoms with Gasteiger partial charge in [-0.1, -0.05) is 17.8 Å². The molecule has 1 aromatic heterocycles. The highest BCUT2D eigenvalue weighted by molar-refractivity contribution is 7.99. The van der Waals surface area contributed by atoms with Crippen LogP contribution in [0.1, 0.15) is 10.5 Å². The molecule has 1 heterocycles. The van der Waals surface area contributed by atoms with E-state index in [1.165, 1.54) is 30.0 Å². The van der Waals surface area contributed by atoms with Crippen molar-refractivity contribution in [3.05, 3.63) is 48.2 Å². The number of nitrogens with zero attached hydrogens (tertiary/aromatic N) is 1. The fourth-order valence-electron chi connectivity index (χ4n) is 1.47. The minimum absolute atomic E-state index is 0.0252. The van der Waals surface area contributed by atoms with Gasteiger partial charge in [-0.2, -0.15) is 0 Å². The lowest BCUT2D eigenvalue weighted by molar-refractivity contribution is 0.0689. The summed E-state index contributed by atoms with van der Waals surface area (Å²) in [5.74, 6) is -1.08. The Bertz CT molecular complexity index is 739. The molecule has 104 valence electrons. The maximum atomic E-state index is 11.3. The first-order valence-electron chi connectivity index (χ1n) is 5.54. The molecule has 0 aliphatic heterocycles. The average molecular weight is 309 g/mol. The highest BCUT2D eigenvalue weighted by Crippen LogP contribution is 2.27. The molecule has 0 saturated heterocycles. The fourth-order valence-corrected chi connectivity index (χ4v) is 2.90. The van der Waals surface area contributed by atoms with Crippen LogP contribution in [-0.4, -0.2) is 30.7 Å². The molecule has 1 aromatic carbocycles. The number of rotatable bonds is 4. The first-order valence-corrected chi connectivity index (χ1v) is 8.25. The predicted octanol–water partition coefficient (Wildman–Crippen LogP) is 2.33. The molecule has 0 aliphatic rings. The van der Waals surface area contributed by atoms with Crippen molar-refractivity contribution in [3.63, 3.8) is 0 Å². The smallest absolute Gasteiger partial charge is 0.354 e. The number of sulfone groups is 1. The number of aromatic nitrogens is 1. The lowest BCUT2D eigenvalue weighted by atomic mass is 10.4. The van der Waals surface area contributed by atoms with E-state index in [-0.39, 0.29) is 10.6 Å². The van der Waals surface area contributed by atoms with Gasteiger partial charge in [0.25, 0.3) is 0 Å². The van der Waals surface area contributed by atoms with Crippen molar-refractivity contribution in [1.82, 2.24) is 4.98 Å². The zero-order valence-electron chi connectivity index (χ0n) is 10.5. The van der Waals surface area contributed by atoms with Gasteiger partial charge in [-0.15, -0.1) is 0 Å². The van der Waals surface area contributed by atoms with Crippen LogP contribution in [0.15, 0.2) is 57.3 Å². The summed E-state index contributed by atoms with van der Waals surface area (Å²) in [6.07, 6.45) is 1.15. The van der Waals surface area contributed by atoms with Crippen LogP contribution >= 0.6 is 11.8 Å². The first kappa shape index (κ1) is 14.5.